The average Bonchev–Trinajstić information content (AvgIpc) is 2.85. The van der Waals surface area contributed by atoms with E-state index in [9.17, 15) is 10.1 Å². The highest BCUT2D eigenvalue weighted by molar-refractivity contribution is 9.10. The Morgan fingerprint density at radius 1 is 1.47 bits per heavy atom. The zero-order valence-electron chi connectivity index (χ0n) is 9.08. The molecule has 0 radical (unpaired) electrons. The third-order valence-electron chi connectivity index (χ3n) is 2.23. The van der Waals surface area contributed by atoms with Gasteiger partial charge in [-0.3, -0.25) is 4.68 Å². The van der Waals surface area contributed by atoms with Gasteiger partial charge in [-0.2, -0.15) is 9.78 Å². The van der Waals surface area contributed by atoms with E-state index in [0.717, 1.165) is 12.1 Å². The zero-order valence-corrected chi connectivity index (χ0v) is 10.7. The number of nitro groups is 1. The number of aryl methyl sites for hydroxylation is 1. The maximum absolute atomic E-state index is 10.6. The largest absolute Gasteiger partial charge is 0.404 e. The summed E-state index contributed by atoms with van der Waals surface area (Å²) in [5.74, 6) is -0.173. The van der Waals surface area contributed by atoms with E-state index in [2.05, 4.69) is 26.1 Å². The van der Waals surface area contributed by atoms with Crippen molar-refractivity contribution >= 4 is 21.7 Å². The molecule has 0 amide bonds. The van der Waals surface area contributed by atoms with Crippen LogP contribution in [0, 0.1) is 10.1 Å². The Hall–Kier alpha value is -1.70. The van der Waals surface area contributed by atoms with Crippen molar-refractivity contribution in [2.45, 2.75) is 20.0 Å². The lowest BCUT2D eigenvalue weighted by molar-refractivity contribution is -0.390. The topological polar surface area (TPSA) is 78.8 Å². The second-order valence-corrected chi connectivity index (χ2v) is 4.31. The number of rotatable bonds is 4. The first kappa shape index (κ1) is 11.8. The van der Waals surface area contributed by atoms with Crippen LogP contribution in [0.15, 0.2) is 23.1 Å². The van der Waals surface area contributed by atoms with Gasteiger partial charge >= 0.3 is 5.82 Å². The van der Waals surface area contributed by atoms with Crippen LogP contribution in [-0.4, -0.2) is 24.5 Å². The quantitative estimate of drug-likeness (QED) is 0.637. The molecule has 8 heteroatoms. The second kappa shape index (κ2) is 4.66. The molecule has 0 fully saturated rings. The van der Waals surface area contributed by atoms with Crippen molar-refractivity contribution < 1.29 is 4.92 Å². The van der Waals surface area contributed by atoms with Crippen LogP contribution in [0.1, 0.15) is 12.5 Å². The Morgan fingerprint density at radius 2 is 2.24 bits per heavy atom. The summed E-state index contributed by atoms with van der Waals surface area (Å²) >= 11 is 3.10. The van der Waals surface area contributed by atoms with Crippen molar-refractivity contribution in [1.82, 2.24) is 19.6 Å². The van der Waals surface area contributed by atoms with E-state index in [0.29, 0.717) is 11.0 Å². The number of hydrogen-bond donors (Lipinski definition) is 0. The van der Waals surface area contributed by atoms with Gasteiger partial charge in [-0.1, -0.05) is 0 Å². The van der Waals surface area contributed by atoms with Crippen molar-refractivity contribution in [2.24, 2.45) is 0 Å². The fourth-order valence-electron chi connectivity index (χ4n) is 1.44. The molecular weight excluding hydrogens is 290 g/mol. The highest BCUT2D eigenvalue weighted by atomic mass is 79.9. The van der Waals surface area contributed by atoms with E-state index >= 15 is 0 Å². The number of hydrogen-bond acceptors (Lipinski definition) is 4. The highest BCUT2D eigenvalue weighted by Gasteiger charge is 2.18. The fraction of sp³-hybridized carbons (Fsp3) is 0.333. The summed E-state index contributed by atoms with van der Waals surface area (Å²) < 4.78 is 3.69. The predicted octanol–water partition coefficient (Wildman–Crippen LogP) is 1.82. The van der Waals surface area contributed by atoms with Gasteiger partial charge in [-0.15, -0.1) is 0 Å². The Kier molecular flexibility index (Phi) is 3.23. The standard InChI is InChI=1S/C9H10BrN5O2/c1-2-13-4-7(3-11-13)5-14-6-8(10)9(12-14)15(16)17/h3-4,6H,2,5H2,1H3. The molecule has 0 saturated carbocycles. The van der Waals surface area contributed by atoms with Gasteiger partial charge in [-0.25, -0.2) is 0 Å². The monoisotopic (exact) mass is 299 g/mol. The molecule has 90 valence electrons. The summed E-state index contributed by atoms with van der Waals surface area (Å²) in [6.45, 7) is 3.25. The average molecular weight is 300 g/mol. The highest BCUT2D eigenvalue weighted by Crippen LogP contribution is 2.22. The molecule has 0 aromatic carbocycles. The molecule has 2 heterocycles. The third kappa shape index (κ3) is 2.52. The minimum absolute atomic E-state index is 0.173. The number of halogens is 1. The van der Waals surface area contributed by atoms with Crippen molar-refractivity contribution in [3.63, 3.8) is 0 Å². The fourth-order valence-corrected chi connectivity index (χ4v) is 1.90. The lowest BCUT2D eigenvalue weighted by atomic mass is 10.4. The minimum atomic E-state index is -0.518. The van der Waals surface area contributed by atoms with Crippen LogP contribution >= 0.6 is 15.9 Å². The Bertz CT molecular complexity index is 547. The Morgan fingerprint density at radius 3 is 2.76 bits per heavy atom. The maximum Gasteiger partial charge on any atom is 0.404 e. The van der Waals surface area contributed by atoms with E-state index in [-0.39, 0.29) is 5.82 Å². The molecule has 0 N–H and O–H groups in total. The summed E-state index contributed by atoms with van der Waals surface area (Å²) in [5.41, 5.74) is 0.955. The molecule has 0 unspecified atom stereocenters. The first-order chi connectivity index (χ1) is 8.10. The molecule has 0 saturated heterocycles. The first-order valence-electron chi connectivity index (χ1n) is 4.99. The van der Waals surface area contributed by atoms with Gasteiger partial charge in [0.15, 0.2) is 0 Å². The van der Waals surface area contributed by atoms with E-state index in [1.54, 1.807) is 17.1 Å². The van der Waals surface area contributed by atoms with Gasteiger partial charge in [0.2, 0.25) is 0 Å². The lowest BCUT2D eigenvalue weighted by Crippen LogP contribution is -2.00. The van der Waals surface area contributed by atoms with Crippen LogP contribution in [0.4, 0.5) is 5.82 Å². The van der Waals surface area contributed by atoms with Gasteiger partial charge in [0.05, 0.1) is 24.0 Å². The van der Waals surface area contributed by atoms with E-state index in [1.165, 1.54) is 4.68 Å². The maximum atomic E-state index is 10.6. The van der Waals surface area contributed by atoms with Crippen LogP contribution in [0.25, 0.3) is 0 Å². The van der Waals surface area contributed by atoms with Gasteiger partial charge in [0.25, 0.3) is 0 Å². The summed E-state index contributed by atoms with van der Waals surface area (Å²) in [6.07, 6.45) is 5.20. The van der Waals surface area contributed by atoms with Crippen molar-refractivity contribution in [3.8, 4) is 0 Å². The summed E-state index contributed by atoms with van der Waals surface area (Å²) in [7, 11) is 0. The molecule has 0 aliphatic carbocycles. The first-order valence-corrected chi connectivity index (χ1v) is 5.78. The zero-order chi connectivity index (χ0) is 12.4. The van der Waals surface area contributed by atoms with E-state index in [4.69, 9.17) is 0 Å². The van der Waals surface area contributed by atoms with Crippen LogP contribution in [0.3, 0.4) is 0 Å². The molecule has 0 aliphatic rings. The van der Waals surface area contributed by atoms with Crippen molar-refractivity contribution in [2.75, 3.05) is 0 Å². The van der Waals surface area contributed by atoms with Gasteiger partial charge in [0.1, 0.15) is 4.47 Å². The minimum Gasteiger partial charge on any atom is -0.358 e. The SMILES string of the molecule is CCn1cc(Cn2cc(Br)c([N+](=O)[O-])n2)cn1. The number of nitrogens with zero attached hydrogens (tertiary/aromatic N) is 5. The van der Waals surface area contributed by atoms with Crippen LogP contribution in [0.2, 0.25) is 0 Å². The molecule has 17 heavy (non-hydrogen) atoms. The third-order valence-corrected chi connectivity index (χ3v) is 2.79. The van der Waals surface area contributed by atoms with Gasteiger partial charge in [-0.05, 0) is 27.8 Å². The molecule has 0 aliphatic heterocycles. The molecule has 2 aromatic heterocycles. The molecule has 2 rings (SSSR count). The Labute approximate surface area is 105 Å². The van der Waals surface area contributed by atoms with E-state index < -0.39 is 4.92 Å². The van der Waals surface area contributed by atoms with Gasteiger partial charge in [0, 0.05) is 18.3 Å². The van der Waals surface area contributed by atoms with E-state index in [1.807, 2.05) is 13.1 Å². The molecule has 7 nitrogen and oxygen atoms in total. The van der Waals surface area contributed by atoms with Crippen LogP contribution in [-0.2, 0) is 13.1 Å². The van der Waals surface area contributed by atoms with Crippen LogP contribution < -0.4 is 0 Å². The van der Waals surface area contributed by atoms with Crippen LogP contribution in [0.5, 0.6) is 0 Å². The molecule has 2 aromatic rings. The Balaban J connectivity index is 2.18. The smallest absolute Gasteiger partial charge is 0.358 e. The summed E-state index contributed by atoms with van der Waals surface area (Å²) in [5, 5.41) is 18.6. The van der Waals surface area contributed by atoms with Gasteiger partial charge < -0.3 is 10.1 Å². The molecule has 0 atom stereocenters. The molecular formula is C9H10BrN5O2. The normalized spacial score (nSPS) is 10.7. The van der Waals surface area contributed by atoms with Crippen molar-refractivity contribution in [3.05, 3.63) is 38.7 Å². The second-order valence-electron chi connectivity index (χ2n) is 3.46. The summed E-state index contributed by atoms with van der Waals surface area (Å²) in [4.78, 5) is 10.1. The van der Waals surface area contributed by atoms with Crippen molar-refractivity contribution in [1.29, 1.82) is 0 Å². The number of aromatic nitrogens is 4. The molecule has 0 bridgehead atoms. The predicted molar refractivity (Wildman–Crippen MR) is 63.6 cm³/mol. The summed E-state index contributed by atoms with van der Waals surface area (Å²) in [6, 6.07) is 0. The molecule has 0 spiro atoms. The lowest BCUT2D eigenvalue weighted by Gasteiger charge is -1.92.